The van der Waals surface area contributed by atoms with Crippen molar-refractivity contribution in [3.8, 4) is 5.75 Å². The Balaban J connectivity index is 1.49. The summed E-state index contributed by atoms with van der Waals surface area (Å²) >= 11 is 5.30. The fourth-order valence-corrected chi connectivity index (χ4v) is 4.53. The minimum atomic E-state index is -1.72. The number of esters is 1. The van der Waals surface area contributed by atoms with Crippen molar-refractivity contribution in [2.24, 2.45) is 0 Å². The molecule has 12 nitrogen and oxygen atoms in total. The van der Waals surface area contributed by atoms with Crippen molar-refractivity contribution in [3.63, 3.8) is 0 Å². The number of rotatable bonds is 10. The number of H-pyrrole nitrogens is 1. The third-order valence-electron chi connectivity index (χ3n) is 5.29. The molecule has 0 fully saturated rings. The Hall–Kier alpha value is -3.38. The average molecular weight is 581 g/mol. The van der Waals surface area contributed by atoms with Crippen LogP contribution in [0.3, 0.4) is 0 Å². The van der Waals surface area contributed by atoms with Crippen LogP contribution in [0.1, 0.15) is 38.1 Å². The molecule has 0 radical (unpaired) electrons. The Morgan fingerprint density at radius 1 is 1.21 bits per heavy atom. The van der Waals surface area contributed by atoms with Crippen LogP contribution in [0.25, 0.3) is 0 Å². The van der Waals surface area contributed by atoms with Gasteiger partial charge in [0.25, 0.3) is 5.56 Å². The van der Waals surface area contributed by atoms with Gasteiger partial charge in [-0.05, 0) is 51.5 Å². The van der Waals surface area contributed by atoms with Crippen LogP contribution in [-0.4, -0.2) is 53.1 Å². The van der Waals surface area contributed by atoms with Crippen LogP contribution in [0.15, 0.2) is 52.2 Å². The normalized spacial score (nSPS) is 17.8. The molecular formula is C25H31N3O9PS+. The summed E-state index contributed by atoms with van der Waals surface area (Å²) in [6.07, 6.45) is 3.19. The molecule has 1 amide bonds. The van der Waals surface area contributed by atoms with Crippen molar-refractivity contribution >= 4 is 31.0 Å². The van der Waals surface area contributed by atoms with E-state index in [1.54, 1.807) is 64.1 Å². The summed E-state index contributed by atoms with van der Waals surface area (Å²) < 4.78 is 28.4. The van der Waals surface area contributed by atoms with E-state index in [-0.39, 0.29) is 13.0 Å². The molecule has 1 aromatic heterocycles. The second kappa shape index (κ2) is 13.1. The number of nitrogens with one attached hydrogen (secondary N) is 2. The van der Waals surface area contributed by atoms with Gasteiger partial charge in [-0.15, -0.1) is 4.52 Å². The Labute approximate surface area is 230 Å². The lowest BCUT2D eigenvalue weighted by Crippen LogP contribution is -2.45. The Bertz CT molecular complexity index is 1350. The number of benzene rings is 1. The quantitative estimate of drug-likeness (QED) is 0.244. The van der Waals surface area contributed by atoms with Gasteiger partial charge < -0.3 is 19.5 Å². The zero-order valence-corrected chi connectivity index (χ0v) is 23.9. The number of methoxy groups -OCH3 is 1. The summed E-state index contributed by atoms with van der Waals surface area (Å²) in [5, 5.41) is 2.53. The molecule has 2 aromatic rings. The van der Waals surface area contributed by atoms with Gasteiger partial charge in [0.15, 0.2) is 12.0 Å². The molecule has 14 heteroatoms. The maximum Gasteiger partial charge on any atom is 0.573 e. The molecule has 1 unspecified atom stereocenters. The monoisotopic (exact) mass is 580 g/mol. The molecule has 2 N–H and O–H groups in total. The number of ether oxygens (including phenoxy) is 3. The van der Waals surface area contributed by atoms with Crippen molar-refractivity contribution in [1.29, 1.82) is 0 Å². The fourth-order valence-electron chi connectivity index (χ4n) is 3.47. The lowest BCUT2D eigenvalue weighted by atomic mass is 10.1. The van der Waals surface area contributed by atoms with Crippen LogP contribution in [0, 0.1) is 6.92 Å². The number of alkyl carbamates (subject to hydrolysis) is 1. The molecule has 2 heterocycles. The molecule has 1 aliphatic heterocycles. The highest BCUT2D eigenvalue weighted by atomic mass is 32.4. The van der Waals surface area contributed by atoms with Crippen molar-refractivity contribution in [3.05, 3.63) is 74.6 Å². The number of aromatic amines is 1. The van der Waals surface area contributed by atoms with Gasteiger partial charge in [-0.3, -0.25) is 18.9 Å². The van der Waals surface area contributed by atoms with Crippen LogP contribution in [-0.2, 0) is 41.8 Å². The largest absolute Gasteiger partial charge is 0.573 e. The number of carbonyl (C=O) groups excluding carboxylic acids is 2. The number of hydrogen-bond donors (Lipinski definition) is 2. The molecule has 0 bridgehead atoms. The minimum absolute atomic E-state index is 0.106. The molecule has 1 aliphatic rings. The molecule has 4 atom stereocenters. The molecule has 3 rings (SSSR count). The summed E-state index contributed by atoms with van der Waals surface area (Å²) in [6, 6.07) is 5.88. The molecular weight excluding hydrogens is 549 g/mol. The molecule has 1 aromatic carbocycles. The van der Waals surface area contributed by atoms with E-state index >= 15 is 0 Å². The number of aromatic nitrogens is 2. The second-order valence-electron chi connectivity index (χ2n) is 9.61. The number of nitrogens with zero attached hydrogens (tertiary/aromatic N) is 1. The zero-order valence-electron chi connectivity index (χ0n) is 22.2. The predicted octanol–water partition coefficient (Wildman–Crippen LogP) is 2.78. The molecule has 0 saturated heterocycles. The molecule has 0 aliphatic carbocycles. The first-order valence-electron chi connectivity index (χ1n) is 11.9. The SMILES string of the molecule is COC(=O)[C@H](Cc1ccc(O[P+](=S)OC[C@@H]2C=C[C@H](n3cc(C)c(=O)[nH]c3=O)O2)cc1)NC(=O)OC(C)(C)C. The number of aryl methyl sites for hydroxylation is 1. The highest BCUT2D eigenvalue weighted by Gasteiger charge is 2.27. The van der Waals surface area contributed by atoms with E-state index in [4.69, 9.17) is 35.1 Å². The Morgan fingerprint density at radius 2 is 1.90 bits per heavy atom. The average Bonchev–Trinajstić information content (AvgIpc) is 3.33. The van der Waals surface area contributed by atoms with E-state index in [1.807, 2.05) is 0 Å². The summed E-state index contributed by atoms with van der Waals surface area (Å²) in [5.74, 6) is -0.139. The highest BCUT2D eigenvalue weighted by Crippen LogP contribution is 2.30. The lowest BCUT2D eigenvalue weighted by Gasteiger charge is -2.22. The number of hydrogen-bond acceptors (Lipinski definition) is 10. The van der Waals surface area contributed by atoms with E-state index in [9.17, 15) is 19.2 Å². The van der Waals surface area contributed by atoms with Crippen LogP contribution in [0.2, 0.25) is 0 Å². The summed E-state index contributed by atoms with van der Waals surface area (Å²) in [6.45, 7) is 6.88. The van der Waals surface area contributed by atoms with E-state index in [0.29, 0.717) is 11.3 Å². The van der Waals surface area contributed by atoms with Gasteiger partial charge in [0.05, 0.1) is 7.11 Å². The first kappa shape index (κ1) is 30.2. The van der Waals surface area contributed by atoms with Crippen molar-refractivity contribution in [1.82, 2.24) is 14.9 Å². The van der Waals surface area contributed by atoms with E-state index in [1.165, 1.54) is 17.9 Å². The molecule has 210 valence electrons. The third-order valence-corrected chi connectivity index (χ3v) is 6.55. The predicted molar refractivity (Wildman–Crippen MR) is 145 cm³/mol. The maximum absolute atomic E-state index is 12.2. The van der Waals surface area contributed by atoms with Gasteiger partial charge in [-0.2, -0.15) is 0 Å². The first-order chi connectivity index (χ1) is 18.3. The van der Waals surface area contributed by atoms with Gasteiger partial charge in [-0.1, -0.05) is 18.2 Å². The molecule has 0 spiro atoms. The highest BCUT2D eigenvalue weighted by molar-refractivity contribution is 8.00. The van der Waals surface area contributed by atoms with Crippen molar-refractivity contribution < 1.29 is 32.8 Å². The van der Waals surface area contributed by atoms with Gasteiger partial charge >= 0.3 is 24.9 Å². The van der Waals surface area contributed by atoms with Crippen LogP contribution in [0.4, 0.5) is 4.79 Å². The van der Waals surface area contributed by atoms with E-state index in [2.05, 4.69) is 10.3 Å². The molecule has 39 heavy (non-hydrogen) atoms. The van der Waals surface area contributed by atoms with Crippen molar-refractivity contribution in [2.45, 2.75) is 58.1 Å². The number of carbonyl (C=O) groups is 2. The lowest BCUT2D eigenvalue weighted by molar-refractivity contribution is -0.143. The standard InChI is InChI=1S/C25H30N3O9PS/c1-15-13-28(23(31)27-21(15)29)20-11-10-18(35-20)14-34-38(39)37-17-8-6-16(7-9-17)12-19(22(30)33-5)26-24(32)36-25(2,3)4/h6-11,13,18-20H,12,14H2,1-5H3,(H-,26,27,29,31,32)/p+1/t18-,19-,20+/m0/s1. The first-order valence-corrected chi connectivity index (χ1v) is 14.1. The Morgan fingerprint density at radius 3 is 2.54 bits per heavy atom. The number of amides is 1. The van der Waals surface area contributed by atoms with Crippen LogP contribution < -0.4 is 21.1 Å². The summed E-state index contributed by atoms with van der Waals surface area (Å²) in [7, 11) is -0.474. The van der Waals surface area contributed by atoms with Gasteiger partial charge in [0, 0.05) is 18.2 Å². The summed E-state index contributed by atoms with van der Waals surface area (Å²) in [4.78, 5) is 50.2. The Kier molecular flexibility index (Phi) is 10.1. The van der Waals surface area contributed by atoms with Gasteiger partial charge in [-0.25, -0.2) is 14.4 Å². The maximum atomic E-state index is 12.2. The molecule has 0 saturated carbocycles. The van der Waals surface area contributed by atoms with Crippen molar-refractivity contribution in [2.75, 3.05) is 13.7 Å². The second-order valence-corrected chi connectivity index (χ2v) is 11.4. The fraction of sp³-hybridized carbons (Fsp3) is 0.440. The minimum Gasteiger partial charge on any atom is -0.467 e. The van der Waals surface area contributed by atoms with Gasteiger partial charge in [0.2, 0.25) is 11.8 Å². The van der Waals surface area contributed by atoms with Crippen LogP contribution >= 0.6 is 7.15 Å². The van der Waals surface area contributed by atoms with E-state index in [0.717, 1.165) is 5.56 Å². The topological polar surface area (TPSA) is 147 Å². The smallest absolute Gasteiger partial charge is 0.467 e. The third kappa shape index (κ3) is 9.10. The van der Waals surface area contributed by atoms with Crippen LogP contribution in [0.5, 0.6) is 5.75 Å². The van der Waals surface area contributed by atoms with E-state index < -0.39 is 54.4 Å². The summed E-state index contributed by atoms with van der Waals surface area (Å²) in [5.41, 5.74) is -0.594. The van der Waals surface area contributed by atoms with Gasteiger partial charge in [0.1, 0.15) is 24.4 Å². The zero-order chi connectivity index (χ0) is 28.7.